The largest absolute Gasteiger partial charge is 0.338 e. The van der Waals surface area contributed by atoms with Gasteiger partial charge in [-0.2, -0.15) is 0 Å². The quantitative estimate of drug-likeness (QED) is 0.939. The molecule has 1 aromatic heterocycles. The van der Waals surface area contributed by atoms with Crippen molar-refractivity contribution < 1.29 is 4.79 Å². The van der Waals surface area contributed by atoms with E-state index in [1.54, 1.807) is 0 Å². The molecule has 122 valence electrons. The Balaban J connectivity index is 1.91. The van der Waals surface area contributed by atoms with Crippen LogP contribution < -0.4 is 5.73 Å². The van der Waals surface area contributed by atoms with Gasteiger partial charge in [-0.05, 0) is 63.1 Å². The molecular weight excluding hydrogens is 310 g/mol. The summed E-state index contributed by atoms with van der Waals surface area (Å²) >= 11 is 5.97. The second kappa shape index (κ2) is 6.38. The highest BCUT2D eigenvalue weighted by Gasteiger charge is 2.28. The molecule has 1 atom stereocenters. The smallest absolute Gasteiger partial charge is 0.255 e. The number of benzene rings is 1. The average Bonchev–Trinajstić information content (AvgIpc) is 3.13. The molecule has 1 amide bonds. The number of likely N-dealkylation sites (tertiary alicyclic amines) is 1. The minimum atomic E-state index is 0.106. The third kappa shape index (κ3) is 3.01. The van der Waals surface area contributed by atoms with E-state index in [1.165, 1.54) is 0 Å². The molecule has 3 rings (SSSR count). The molecule has 2 heterocycles. The van der Waals surface area contributed by atoms with E-state index < -0.39 is 0 Å². The Hall–Kier alpha value is -1.78. The molecule has 1 aliphatic heterocycles. The molecular formula is C18H22ClN3O. The molecule has 5 heteroatoms. The molecule has 1 unspecified atom stereocenters. The summed E-state index contributed by atoms with van der Waals surface area (Å²) in [6, 6.07) is 9.64. The number of hydrogen-bond donors (Lipinski definition) is 1. The van der Waals surface area contributed by atoms with Crippen molar-refractivity contribution in [2.75, 3.05) is 19.6 Å². The van der Waals surface area contributed by atoms with Gasteiger partial charge in [0.1, 0.15) is 0 Å². The van der Waals surface area contributed by atoms with Crippen molar-refractivity contribution in [3.8, 4) is 5.69 Å². The van der Waals surface area contributed by atoms with Gasteiger partial charge in [0.15, 0.2) is 0 Å². The highest BCUT2D eigenvalue weighted by atomic mass is 35.5. The van der Waals surface area contributed by atoms with Crippen molar-refractivity contribution in [3.63, 3.8) is 0 Å². The maximum atomic E-state index is 12.8. The summed E-state index contributed by atoms with van der Waals surface area (Å²) < 4.78 is 2.10. The van der Waals surface area contributed by atoms with Crippen LogP contribution in [0, 0.1) is 19.8 Å². The van der Waals surface area contributed by atoms with Crippen molar-refractivity contribution in [2.24, 2.45) is 11.7 Å². The zero-order chi connectivity index (χ0) is 16.6. The van der Waals surface area contributed by atoms with Crippen LogP contribution >= 0.6 is 11.6 Å². The Kier molecular flexibility index (Phi) is 4.46. The fourth-order valence-electron chi connectivity index (χ4n) is 3.35. The third-order valence-electron chi connectivity index (χ3n) is 4.65. The number of carbonyl (C=O) groups excluding carboxylic acids is 1. The SMILES string of the molecule is Cc1cc(C(=O)N2CCC(CN)C2)c(C)n1-c1ccc(Cl)cc1. The summed E-state index contributed by atoms with van der Waals surface area (Å²) in [5.41, 5.74) is 9.53. The highest BCUT2D eigenvalue weighted by molar-refractivity contribution is 6.30. The minimum absolute atomic E-state index is 0.106. The van der Waals surface area contributed by atoms with E-state index >= 15 is 0 Å². The number of nitrogens with two attached hydrogens (primary N) is 1. The molecule has 4 nitrogen and oxygen atoms in total. The fraction of sp³-hybridized carbons (Fsp3) is 0.389. The number of rotatable bonds is 3. The summed E-state index contributed by atoms with van der Waals surface area (Å²) in [4.78, 5) is 14.8. The van der Waals surface area contributed by atoms with E-state index in [4.69, 9.17) is 17.3 Å². The summed E-state index contributed by atoms with van der Waals surface area (Å²) in [5, 5.41) is 0.706. The number of amides is 1. The number of hydrogen-bond acceptors (Lipinski definition) is 2. The number of carbonyl (C=O) groups is 1. The first kappa shape index (κ1) is 16.1. The maximum absolute atomic E-state index is 12.8. The van der Waals surface area contributed by atoms with Gasteiger partial charge in [-0.3, -0.25) is 4.79 Å². The van der Waals surface area contributed by atoms with Crippen LogP contribution in [0.5, 0.6) is 0 Å². The standard InChI is InChI=1S/C18H22ClN3O/c1-12-9-17(18(23)21-8-7-14(10-20)11-21)13(2)22(12)16-5-3-15(19)4-6-16/h3-6,9,14H,7-8,10-11,20H2,1-2H3. The lowest BCUT2D eigenvalue weighted by molar-refractivity contribution is 0.0787. The zero-order valence-electron chi connectivity index (χ0n) is 13.6. The Morgan fingerprint density at radius 2 is 2.00 bits per heavy atom. The third-order valence-corrected chi connectivity index (χ3v) is 4.90. The predicted octanol–water partition coefficient (Wildman–Crippen LogP) is 3.17. The summed E-state index contributed by atoms with van der Waals surface area (Å²) in [6.45, 7) is 6.22. The van der Waals surface area contributed by atoms with Crippen LogP contribution in [0.3, 0.4) is 0 Å². The number of halogens is 1. The van der Waals surface area contributed by atoms with E-state index in [9.17, 15) is 4.79 Å². The van der Waals surface area contributed by atoms with Crippen LogP contribution in [0.25, 0.3) is 5.69 Å². The van der Waals surface area contributed by atoms with Crippen molar-refractivity contribution in [1.29, 1.82) is 0 Å². The Morgan fingerprint density at radius 3 is 2.61 bits per heavy atom. The van der Waals surface area contributed by atoms with Gasteiger partial charge in [-0.25, -0.2) is 0 Å². The highest BCUT2D eigenvalue weighted by Crippen LogP contribution is 2.25. The molecule has 0 radical (unpaired) electrons. The monoisotopic (exact) mass is 331 g/mol. The van der Waals surface area contributed by atoms with Crippen molar-refractivity contribution in [2.45, 2.75) is 20.3 Å². The van der Waals surface area contributed by atoms with E-state index in [1.807, 2.05) is 49.1 Å². The van der Waals surface area contributed by atoms with Gasteiger partial charge >= 0.3 is 0 Å². The maximum Gasteiger partial charge on any atom is 0.255 e. The Bertz CT molecular complexity index is 721. The number of nitrogens with zero attached hydrogens (tertiary/aromatic N) is 2. The van der Waals surface area contributed by atoms with Crippen LogP contribution in [0.15, 0.2) is 30.3 Å². The average molecular weight is 332 g/mol. The van der Waals surface area contributed by atoms with Gasteiger partial charge in [0.25, 0.3) is 5.91 Å². The van der Waals surface area contributed by atoms with Gasteiger partial charge < -0.3 is 15.2 Å². The van der Waals surface area contributed by atoms with Crippen LogP contribution in [0.4, 0.5) is 0 Å². The first-order valence-electron chi connectivity index (χ1n) is 7.95. The molecule has 1 fully saturated rings. The molecule has 0 bridgehead atoms. The summed E-state index contributed by atoms with van der Waals surface area (Å²) in [7, 11) is 0. The molecule has 1 aliphatic rings. The minimum Gasteiger partial charge on any atom is -0.338 e. The first-order chi connectivity index (χ1) is 11.0. The molecule has 1 aromatic carbocycles. The van der Waals surface area contributed by atoms with Crippen LogP contribution in [0.2, 0.25) is 5.02 Å². The lowest BCUT2D eigenvalue weighted by Crippen LogP contribution is -2.30. The number of aromatic nitrogens is 1. The van der Waals surface area contributed by atoms with Gasteiger partial charge in [0.05, 0.1) is 5.56 Å². The van der Waals surface area contributed by atoms with E-state index in [-0.39, 0.29) is 5.91 Å². The fourth-order valence-corrected chi connectivity index (χ4v) is 3.47. The molecule has 1 saturated heterocycles. The van der Waals surface area contributed by atoms with Gasteiger partial charge in [0.2, 0.25) is 0 Å². The Morgan fingerprint density at radius 1 is 1.30 bits per heavy atom. The zero-order valence-corrected chi connectivity index (χ0v) is 14.3. The lowest BCUT2D eigenvalue weighted by atomic mass is 10.1. The lowest BCUT2D eigenvalue weighted by Gasteiger charge is -2.16. The molecule has 0 saturated carbocycles. The molecule has 0 aliphatic carbocycles. The predicted molar refractivity (Wildman–Crippen MR) is 93.3 cm³/mol. The summed E-state index contributed by atoms with van der Waals surface area (Å²) in [5.74, 6) is 0.535. The first-order valence-corrected chi connectivity index (χ1v) is 8.33. The second-order valence-electron chi connectivity index (χ2n) is 6.24. The van der Waals surface area contributed by atoms with Crippen molar-refractivity contribution in [1.82, 2.24) is 9.47 Å². The van der Waals surface area contributed by atoms with Crippen LogP contribution in [-0.4, -0.2) is 35.0 Å². The van der Waals surface area contributed by atoms with E-state index in [0.717, 1.165) is 42.1 Å². The van der Waals surface area contributed by atoms with Crippen LogP contribution in [0.1, 0.15) is 28.2 Å². The second-order valence-corrected chi connectivity index (χ2v) is 6.67. The molecule has 2 N–H and O–H groups in total. The Labute approximate surface area is 141 Å². The van der Waals surface area contributed by atoms with Crippen molar-refractivity contribution >= 4 is 17.5 Å². The van der Waals surface area contributed by atoms with Gasteiger partial charge in [-0.1, -0.05) is 11.6 Å². The van der Waals surface area contributed by atoms with Crippen LogP contribution in [-0.2, 0) is 0 Å². The molecule has 2 aromatic rings. The molecule has 0 spiro atoms. The van der Waals surface area contributed by atoms with Crippen molar-refractivity contribution in [3.05, 3.63) is 52.3 Å². The topological polar surface area (TPSA) is 51.3 Å². The summed E-state index contributed by atoms with van der Waals surface area (Å²) in [6.07, 6.45) is 0.998. The van der Waals surface area contributed by atoms with E-state index in [0.29, 0.717) is 17.5 Å². The van der Waals surface area contributed by atoms with Gasteiger partial charge in [0, 0.05) is 35.2 Å². The van der Waals surface area contributed by atoms with E-state index in [2.05, 4.69) is 4.57 Å². The van der Waals surface area contributed by atoms with Gasteiger partial charge in [-0.15, -0.1) is 0 Å². The normalized spacial score (nSPS) is 17.7. The molecule has 23 heavy (non-hydrogen) atoms. The number of aryl methyl sites for hydroxylation is 1.